The smallest absolute Gasteiger partial charge is 0.255 e. The summed E-state index contributed by atoms with van der Waals surface area (Å²) >= 11 is 0. The fourth-order valence-electron chi connectivity index (χ4n) is 2.08. The molecule has 0 bridgehead atoms. The first-order valence-corrected chi connectivity index (χ1v) is 6.74. The lowest BCUT2D eigenvalue weighted by Gasteiger charge is -2.18. The third-order valence-electron chi connectivity index (χ3n) is 3.46. The van der Waals surface area contributed by atoms with E-state index in [1.165, 1.54) is 12.1 Å². The van der Waals surface area contributed by atoms with E-state index in [9.17, 15) is 9.18 Å². The van der Waals surface area contributed by atoms with Gasteiger partial charge in [0, 0.05) is 19.7 Å². The van der Waals surface area contributed by atoms with E-state index in [1.54, 1.807) is 12.1 Å². The summed E-state index contributed by atoms with van der Waals surface area (Å²) in [7, 11) is 3.69. The molecular formula is C17H19FN2O. The number of carbonyl (C=O) groups is 1. The summed E-state index contributed by atoms with van der Waals surface area (Å²) in [5, 5.41) is 2.78. The number of rotatable bonds is 3. The van der Waals surface area contributed by atoms with Crippen molar-refractivity contribution in [3.05, 3.63) is 58.9 Å². The molecule has 110 valence electrons. The number of carbonyl (C=O) groups excluding carboxylic acids is 1. The van der Waals surface area contributed by atoms with Crippen LogP contribution in [0.2, 0.25) is 0 Å². The van der Waals surface area contributed by atoms with Crippen molar-refractivity contribution in [3.8, 4) is 0 Å². The van der Waals surface area contributed by atoms with Crippen molar-refractivity contribution < 1.29 is 9.18 Å². The highest BCUT2D eigenvalue weighted by Crippen LogP contribution is 2.25. The monoisotopic (exact) mass is 286 g/mol. The van der Waals surface area contributed by atoms with E-state index >= 15 is 0 Å². The summed E-state index contributed by atoms with van der Waals surface area (Å²) in [6, 6.07) is 9.86. The number of nitrogens with one attached hydrogen (secondary N) is 1. The van der Waals surface area contributed by atoms with Gasteiger partial charge in [-0.15, -0.1) is 0 Å². The molecule has 0 radical (unpaired) electrons. The van der Waals surface area contributed by atoms with Gasteiger partial charge in [0.15, 0.2) is 0 Å². The van der Waals surface area contributed by atoms with Gasteiger partial charge >= 0.3 is 0 Å². The summed E-state index contributed by atoms with van der Waals surface area (Å²) < 4.78 is 13.4. The minimum Gasteiger partial charge on any atom is -0.376 e. The maximum absolute atomic E-state index is 13.4. The van der Waals surface area contributed by atoms with E-state index in [2.05, 4.69) is 5.32 Å². The molecule has 0 aliphatic rings. The molecule has 4 heteroatoms. The predicted molar refractivity (Wildman–Crippen MR) is 84.6 cm³/mol. The molecule has 0 spiro atoms. The second kappa shape index (κ2) is 5.95. The van der Waals surface area contributed by atoms with Crippen LogP contribution in [-0.2, 0) is 0 Å². The Hall–Kier alpha value is -2.36. The maximum atomic E-state index is 13.4. The fourth-order valence-corrected chi connectivity index (χ4v) is 2.08. The van der Waals surface area contributed by atoms with Gasteiger partial charge < -0.3 is 10.2 Å². The molecule has 0 fully saturated rings. The zero-order valence-electron chi connectivity index (χ0n) is 12.7. The lowest BCUT2D eigenvalue weighted by Crippen LogP contribution is -2.17. The van der Waals surface area contributed by atoms with E-state index in [1.807, 2.05) is 45.0 Å². The fraction of sp³-hybridized carbons (Fsp3) is 0.235. The van der Waals surface area contributed by atoms with Gasteiger partial charge in [-0.2, -0.15) is 0 Å². The van der Waals surface area contributed by atoms with Crippen molar-refractivity contribution in [1.29, 1.82) is 0 Å². The van der Waals surface area contributed by atoms with Crippen LogP contribution < -0.4 is 10.2 Å². The highest BCUT2D eigenvalue weighted by atomic mass is 19.1. The first kappa shape index (κ1) is 15.0. The SMILES string of the molecule is Cc1ccc(C(=O)Nc2cc(F)ccc2N(C)C)cc1C. The quantitative estimate of drug-likeness (QED) is 0.931. The Morgan fingerprint density at radius 1 is 1.05 bits per heavy atom. The van der Waals surface area contributed by atoms with Crippen molar-refractivity contribution in [2.75, 3.05) is 24.3 Å². The van der Waals surface area contributed by atoms with Gasteiger partial charge in [0.2, 0.25) is 0 Å². The Balaban J connectivity index is 2.30. The Labute approximate surface area is 124 Å². The molecule has 21 heavy (non-hydrogen) atoms. The molecule has 0 aliphatic heterocycles. The van der Waals surface area contributed by atoms with Crippen LogP contribution in [0, 0.1) is 19.7 Å². The van der Waals surface area contributed by atoms with Crippen LogP contribution in [0.3, 0.4) is 0 Å². The lowest BCUT2D eigenvalue weighted by atomic mass is 10.1. The summed E-state index contributed by atoms with van der Waals surface area (Å²) in [5.41, 5.74) is 3.96. The molecule has 2 rings (SSSR count). The molecular weight excluding hydrogens is 267 g/mol. The lowest BCUT2D eigenvalue weighted by molar-refractivity contribution is 0.102. The molecule has 1 amide bonds. The van der Waals surface area contributed by atoms with E-state index < -0.39 is 0 Å². The topological polar surface area (TPSA) is 32.3 Å². The highest BCUT2D eigenvalue weighted by molar-refractivity contribution is 6.06. The zero-order valence-corrected chi connectivity index (χ0v) is 12.7. The standard InChI is InChI=1S/C17H19FN2O/c1-11-5-6-13(9-12(11)2)17(21)19-15-10-14(18)7-8-16(15)20(3)4/h5-10H,1-4H3,(H,19,21). The number of hydrogen-bond donors (Lipinski definition) is 1. The molecule has 2 aromatic carbocycles. The van der Waals surface area contributed by atoms with Gasteiger partial charge in [-0.25, -0.2) is 4.39 Å². The number of amides is 1. The van der Waals surface area contributed by atoms with Crippen LogP contribution in [0.1, 0.15) is 21.5 Å². The highest BCUT2D eigenvalue weighted by Gasteiger charge is 2.12. The van der Waals surface area contributed by atoms with Crippen LogP contribution >= 0.6 is 0 Å². The third-order valence-corrected chi connectivity index (χ3v) is 3.46. The van der Waals surface area contributed by atoms with E-state index in [-0.39, 0.29) is 11.7 Å². The first-order valence-electron chi connectivity index (χ1n) is 6.74. The molecule has 0 saturated heterocycles. The van der Waals surface area contributed by atoms with Gasteiger partial charge in [-0.3, -0.25) is 4.79 Å². The molecule has 0 aromatic heterocycles. The molecule has 0 unspecified atom stereocenters. The van der Waals surface area contributed by atoms with Crippen LogP contribution in [0.4, 0.5) is 15.8 Å². The van der Waals surface area contributed by atoms with Gasteiger partial charge in [0.05, 0.1) is 11.4 Å². The van der Waals surface area contributed by atoms with E-state index in [4.69, 9.17) is 0 Å². The molecule has 1 N–H and O–H groups in total. The summed E-state index contributed by atoms with van der Waals surface area (Å²) in [4.78, 5) is 14.1. The number of hydrogen-bond acceptors (Lipinski definition) is 2. The Bertz CT molecular complexity index is 680. The molecule has 0 heterocycles. The average Bonchev–Trinajstić information content (AvgIpc) is 2.41. The van der Waals surface area contributed by atoms with Crippen LogP contribution in [0.25, 0.3) is 0 Å². The molecule has 0 saturated carbocycles. The third kappa shape index (κ3) is 3.40. The van der Waals surface area contributed by atoms with Crippen molar-refractivity contribution in [3.63, 3.8) is 0 Å². The maximum Gasteiger partial charge on any atom is 0.255 e. The molecule has 0 aliphatic carbocycles. The second-order valence-corrected chi connectivity index (χ2v) is 5.31. The van der Waals surface area contributed by atoms with Crippen LogP contribution in [0.5, 0.6) is 0 Å². The molecule has 3 nitrogen and oxygen atoms in total. The summed E-state index contributed by atoms with van der Waals surface area (Å²) in [5.74, 6) is -0.622. The largest absolute Gasteiger partial charge is 0.376 e. The number of benzene rings is 2. The Kier molecular flexibility index (Phi) is 4.26. The minimum absolute atomic E-state index is 0.244. The first-order chi connectivity index (χ1) is 9.88. The number of anilines is 2. The second-order valence-electron chi connectivity index (χ2n) is 5.31. The van der Waals surface area contributed by atoms with Crippen molar-refractivity contribution >= 4 is 17.3 Å². The Morgan fingerprint density at radius 3 is 2.38 bits per heavy atom. The number of halogens is 1. The van der Waals surface area contributed by atoms with Crippen molar-refractivity contribution in [1.82, 2.24) is 0 Å². The van der Waals surface area contributed by atoms with Gasteiger partial charge in [0.25, 0.3) is 5.91 Å². The Morgan fingerprint density at radius 2 is 1.76 bits per heavy atom. The van der Waals surface area contributed by atoms with E-state index in [0.717, 1.165) is 16.8 Å². The van der Waals surface area contributed by atoms with Crippen molar-refractivity contribution in [2.24, 2.45) is 0 Å². The zero-order chi connectivity index (χ0) is 15.6. The van der Waals surface area contributed by atoms with Crippen LogP contribution in [-0.4, -0.2) is 20.0 Å². The predicted octanol–water partition coefficient (Wildman–Crippen LogP) is 3.76. The van der Waals surface area contributed by atoms with Gasteiger partial charge in [0.1, 0.15) is 5.82 Å². The summed E-state index contributed by atoms with van der Waals surface area (Å²) in [6.07, 6.45) is 0. The van der Waals surface area contributed by atoms with E-state index in [0.29, 0.717) is 11.3 Å². The normalized spacial score (nSPS) is 10.3. The van der Waals surface area contributed by atoms with Crippen LogP contribution in [0.15, 0.2) is 36.4 Å². The number of aryl methyl sites for hydroxylation is 2. The minimum atomic E-state index is -0.379. The molecule has 0 atom stereocenters. The van der Waals surface area contributed by atoms with Gasteiger partial charge in [-0.1, -0.05) is 6.07 Å². The number of nitrogens with zero attached hydrogens (tertiary/aromatic N) is 1. The average molecular weight is 286 g/mol. The summed E-state index contributed by atoms with van der Waals surface area (Å²) in [6.45, 7) is 3.95. The van der Waals surface area contributed by atoms with Crippen molar-refractivity contribution in [2.45, 2.75) is 13.8 Å². The van der Waals surface area contributed by atoms with Gasteiger partial charge in [-0.05, 0) is 55.3 Å². The molecule has 2 aromatic rings.